The highest BCUT2D eigenvalue weighted by Gasteiger charge is 2.07. The summed E-state index contributed by atoms with van der Waals surface area (Å²) >= 11 is 0. The minimum Gasteiger partial charge on any atom is -0.481 e. The van der Waals surface area contributed by atoms with Crippen LogP contribution in [0.25, 0.3) is 11.0 Å². The summed E-state index contributed by atoms with van der Waals surface area (Å²) in [6.07, 6.45) is 2.42. The molecule has 0 unspecified atom stereocenters. The molecule has 0 fully saturated rings. The highest BCUT2D eigenvalue weighted by atomic mass is 16.4. The normalized spacial score (nSPS) is 10.8. The second-order valence-corrected chi connectivity index (χ2v) is 4.85. The van der Waals surface area contributed by atoms with Crippen LogP contribution in [-0.2, 0) is 11.3 Å². The second-order valence-electron chi connectivity index (χ2n) is 4.85. The monoisotopic (exact) mass is 274 g/mol. The Morgan fingerprint density at radius 1 is 1.25 bits per heavy atom. The summed E-state index contributed by atoms with van der Waals surface area (Å²) < 4.78 is 1.73. The first kappa shape index (κ1) is 14.2. The Morgan fingerprint density at radius 2 is 2.00 bits per heavy atom. The molecule has 2 aromatic rings. The lowest BCUT2D eigenvalue weighted by Gasteiger charge is -2.10. The highest BCUT2D eigenvalue weighted by molar-refractivity contribution is 5.74. The van der Waals surface area contributed by atoms with E-state index in [-0.39, 0.29) is 12.0 Å². The average Bonchev–Trinajstić information content (AvgIpc) is 2.42. The van der Waals surface area contributed by atoms with E-state index in [1.54, 1.807) is 11.5 Å². The molecule has 0 atom stereocenters. The van der Waals surface area contributed by atoms with E-state index < -0.39 is 5.97 Å². The molecule has 20 heavy (non-hydrogen) atoms. The van der Waals surface area contributed by atoms with Gasteiger partial charge in [-0.3, -0.25) is 9.59 Å². The van der Waals surface area contributed by atoms with Crippen molar-refractivity contribution in [2.45, 2.75) is 39.2 Å². The van der Waals surface area contributed by atoms with Crippen molar-refractivity contribution >= 4 is 17.0 Å². The lowest BCUT2D eigenvalue weighted by atomic mass is 10.2. The predicted octanol–water partition coefficient (Wildman–Crippen LogP) is 2.35. The zero-order chi connectivity index (χ0) is 14.5. The third-order valence-electron chi connectivity index (χ3n) is 3.29. The molecule has 1 aromatic heterocycles. The zero-order valence-electron chi connectivity index (χ0n) is 11.5. The number of aliphatic carboxylic acids is 1. The number of hydrogen-bond donors (Lipinski definition) is 1. The first-order chi connectivity index (χ1) is 9.59. The van der Waals surface area contributed by atoms with Gasteiger partial charge in [0.15, 0.2) is 0 Å². The molecule has 0 spiro atoms. The smallest absolute Gasteiger partial charge is 0.303 e. The van der Waals surface area contributed by atoms with Crippen molar-refractivity contribution in [3.63, 3.8) is 0 Å². The number of nitrogens with zero attached hydrogens (tertiary/aromatic N) is 2. The molecule has 0 radical (unpaired) electrons. The zero-order valence-corrected chi connectivity index (χ0v) is 11.5. The number of aryl methyl sites for hydroxylation is 2. The van der Waals surface area contributed by atoms with Crippen molar-refractivity contribution in [2.75, 3.05) is 0 Å². The van der Waals surface area contributed by atoms with Crippen molar-refractivity contribution in [1.29, 1.82) is 0 Å². The molecule has 1 aromatic carbocycles. The maximum atomic E-state index is 12.2. The van der Waals surface area contributed by atoms with Gasteiger partial charge in [0.05, 0.1) is 11.0 Å². The number of hydrogen-bond acceptors (Lipinski definition) is 3. The van der Waals surface area contributed by atoms with Crippen LogP contribution in [0.3, 0.4) is 0 Å². The van der Waals surface area contributed by atoms with Crippen LogP contribution in [0.1, 0.15) is 31.4 Å². The van der Waals surface area contributed by atoms with Gasteiger partial charge in [0, 0.05) is 13.0 Å². The fourth-order valence-electron chi connectivity index (χ4n) is 2.27. The summed E-state index contributed by atoms with van der Waals surface area (Å²) in [6.45, 7) is 2.32. The largest absolute Gasteiger partial charge is 0.481 e. The molecule has 0 saturated carbocycles. The molecular formula is C15H18N2O3. The van der Waals surface area contributed by atoms with E-state index in [4.69, 9.17) is 5.11 Å². The van der Waals surface area contributed by atoms with Crippen LogP contribution in [0.2, 0.25) is 0 Å². The minimum absolute atomic E-state index is 0.0677. The fraction of sp³-hybridized carbons (Fsp3) is 0.400. The van der Waals surface area contributed by atoms with E-state index >= 15 is 0 Å². The van der Waals surface area contributed by atoms with E-state index in [9.17, 15) is 9.59 Å². The molecule has 0 aliphatic carbocycles. The number of unbranched alkanes of at least 4 members (excludes halogenated alkanes) is 2. The van der Waals surface area contributed by atoms with Gasteiger partial charge in [0.2, 0.25) is 0 Å². The van der Waals surface area contributed by atoms with Crippen LogP contribution in [0.15, 0.2) is 29.1 Å². The summed E-state index contributed by atoms with van der Waals surface area (Å²) in [6, 6.07) is 7.57. The number of carboxylic acid groups (broad SMARTS) is 1. The standard InChI is InChI=1S/C15H18N2O3/c1-11-15(20)17(10-6-2-3-9-14(18)19)13-8-5-4-7-12(13)16-11/h4-5,7-8H,2-3,6,9-10H2,1H3,(H,18,19). The second kappa shape index (κ2) is 6.32. The number of carboxylic acids is 1. The summed E-state index contributed by atoms with van der Waals surface area (Å²) in [5, 5.41) is 8.59. The van der Waals surface area contributed by atoms with Crippen molar-refractivity contribution in [2.24, 2.45) is 0 Å². The predicted molar refractivity (Wildman–Crippen MR) is 76.8 cm³/mol. The molecular weight excluding hydrogens is 256 g/mol. The quantitative estimate of drug-likeness (QED) is 0.821. The van der Waals surface area contributed by atoms with Crippen LogP contribution in [0.4, 0.5) is 0 Å². The molecule has 2 rings (SSSR count). The Hall–Kier alpha value is -2.17. The summed E-state index contributed by atoms with van der Waals surface area (Å²) in [4.78, 5) is 26.9. The van der Waals surface area contributed by atoms with Gasteiger partial charge in [-0.25, -0.2) is 4.98 Å². The first-order valence-corrected chi connectivity index (χ1v) is 6.77. The van der Waals surface area contributed by atoms with Crippen LogP contribution in [-0.4, -0.2) is 20.6 Å². The lowest BCUT2D eigenvalue weighted by Crippen LogP contribution is -2.24. The van der Waals surface area contributed by atoms with Gasteiger partial charge in [-0.2, -0.15) is 0 Å². The van der Waals surface area contributed by atoms with E-state index in [1.807, 2.05) is 24.3 Å². The van der Waals surface area contributed by atoms with Gasteiger partial charge in [-0.1, -0.05) is 18.6 Å². The molecule has 0 bridgehead atoms. The van der Waals surface area contributed by atoms with E-state index in [0.29, 0.717) is 18.7 Å². The molecule has 106 valence electrons. The van der Waals surface area contributed by atoms with Gasteiger partial charge < -0.3 is 9.67 Å². The summed E-state index contributed by atoms with van der Waals surface area (Å²) in [5.74, 6) is -0.771. The summed E-state index contributed by atoms with van der Waals surface area (Å²) in [5.41, 5.74) is 2.08. The van der Waals surface area contributed by atoms with E-state index in [1.165, 1.54) is 0 Å². The third kappa shape index (κ3) is 3.23. The number of fused-ring (bicyclic) bond motifs is 1. The molecule has 0 aliphatic heterocycles. The number of carbonyl (C=O) groups is 1. The Balaban J connectivity index is 2.14. The topological polar surface area (TPSA) is 72.2 Å². The Morgan fingerprint density at radius 3 is 2.75 bits per heavy atom. The van der Waals surface area contributed by atoms with E-state index in [0.717, 1.165) is 23.9 Å². The lowest BCUT2D eigenvalue weighted by molar-refractivity contribution is -0.137. The SMILES string of the molecule is Cc1nc2ccccc2n(CCCCCC(=O)O)c1=O. The third-order valence-corrected chi connectivity index (χ3v) is 3.29. The molecule has 1 heterocycles. The molecule has 0 aliphatic rings. The van der Waals surface area contributed by atoms with Crippen LogP contribution in [0.5, 0.6) is 0 Å². The summed E-state index contributed by atoms with van der Waals surface area (Å²) in [7, 11) is 0. The molecule has 5 heteroatoms. The van der Waals surface area contributed by atoms with Crippen LogP contribution >= 0.6 is 0 Å². The van der Waals surface area contributed by atoms with Gasteiger partial charge in [0.1, 0.15) is 5.69 Å². The maximum Gasteiger partial charge on any atom is 0.303 e. The number of benzene rings is 1. The fourth-order valence-corrected chi connectivity index (χ4v) is 2.27. The molecule has 5 nitrogen and oxygen atoms in total. The number of aromatic nitrogens is 2. The van der Waals surface area contributed by atoms with Crippen LogP contribution in [0, 0.1) is 6.92 Å². The van der Waals surface area contributed by atoms with Gasteiger partial charge in [-0.15, -0.1) is 0 Å². The number of rotatable bonds is 6. The van der Waals surface area contributed by atoms with Crippen molar-refractivity contribution in [3.05, 3.63) is 40.3 Å². The van der Waals surface area contributed by atoms with Crippen molar-refractivity contribution in [1.82, 2.24) is 9.55 Å². The van der Waals surface area contributed by atoms with Crippen molar-refractivity contribution < 1.29 is 9.90 Å². The van der Waals surface area contributed by atoms with Gasteiger partial charge >= 0.3 is 5.97 Å². The molecule has 0 saturated heterocycles. The Labute approximate surface area is 116 Å². The number of para-hydroxylation sites is 2. The Kier molecular flexibility index (Phi) is 4.50. The Bertz CT molecular complexity index is 676. The van der Waals surface area contributed by atoms with Crippen molar-refractivity contribution in [3.8, 4) is 0 Å². The minimum atomic E-state index is -0.771. The first-order valence-electron chi connectivity index (χ1n) is 6.77. The highest BCUT2D eigenvalue weighted by Crippen LogP contribution is 2.11. The van der Waals surface area contributed by atoms with Gasteiger partial charge in [0.25, 0.3) is 5.56 Å². The van der Waals surface area contributed by atoms with Gasteiger partial charge in [-0.05, 0) is 31.9 Å². The molecule has 0 amide bonds. The van der Waals surface area contributed by atoms with E-state index in [2.05, 4.69) is 4.98 Å². The molecule has 1 N–H and O–H groups in total. The van der Waals surface area contributed by atoms with Crippen LogP contribution < -0.4 is 5.56 Å². The average molecular weight is 274 g/mol. The maximum absolute atomic E-state index is 12.2.